The Morgan fingerprint density at radius 2 is 2.21 bits per heavy atom. The summed E-state index contributed by atoms with van der Waals surface area (Å²) in [5.41, 5.74) is 0.338. The fourth-order valence-electron chi connectivity index (χ4n) is 2.32. The largest absolute Gasteiger partial charge is 0.450 e. The predicted molar refractivity (Wildman–Crippen MR) is 66.2 cm³/mol. The maximum absolute atomic E-state index is 11.7. The van der Waals surface area contributed by atoms with E-state index in [4.69, 9.17) is 4.74 Å². The van der Waals surface area contributed by atoms with Crippen LogP contribution in [0.25, 0.3) is 0 Å². The second kappa shape index (κ2) is 6.85. The van der Waals surface area contributed by atoms with E-state index < -0.39 is 5.41 Å². The van der Waals surface area contributed by atoms with Crippen molar-refractivity contribution in [3.05, 3.63) is 35.9 Å². The van der Waals surface area contributed by atoms with Gasteiger partial charge in [0.05, 0.1) is 6.61 Å². The molecule has 4 nitrogen and oxygen atoms in total. The molecular weight excluding hydrogens is 414 g/mol. The number of hydrogen-bond acceptors (Lipinski definition) is 3. The Balaban J connectivity index is 0.00000180. The van der Waals surface area contributed by atoms with Gasteiger partial charge < -0.3 is 14.4 Å². The molecule has 2 rings (SSSR count). The molecule has 1 atom stereocenters. The summed E-state index contributed by atoms with van der Waals surface area (Å²) in [6, 6.07) is 10.3. The zero-order chi connectivity index (χ0) is 13.0. The molecule has 1 saturated heterocycles. The zero-order valence-electron chi connectivity index (χ0n) is 10.8. The van der Waals surface area contributed by atoms with Crippen molar-refractivity contribution in [1.29, 1.82) is 0 Å². The zero-order valence-corrected chi connectivity index (χ0v) is 13.7. The van der Waals surface area contributed by atoms with Gasteiger partial charge in [-0.3, -0.25) is 0 Å². The number of rotatable bonds is 3. The monoisotopic (exact) mass is 430 g/mol. The van der Waals surface area contributed by atoms with Crippen molar-refractivity contribution in [3.63, 3.8) is 0 Å². The summed E-state index contributed by atoms with van der Waals surface area (Å²) in [5.74, 6) is 0. The molecule has 1 aromatic carbocycles. The third-order valence-corrected chi connectivity index (χ3v) is 3.35. The van der Waals surface area contributed by atoms with Gasteiger partial charge in [0.25, 0.3) is 0 Å². The van der Waals surface area contributed by atoms with Crippen LogP contribution in [0.4, 0.5) is 4.79 Å². The van der Waals surface area contributed by atoms with Crippen LogP contribution < -0.4 is 0 Å². The van der Waals surface area contributed by atoms with E-state index in [0.717, 1.165) is 11.8 Å². The molecule has 19 heavy (non-hydrogen) atoms. The predicted octanol–water partition coefficient (Wildman–Crippen LogP) is 1.78. The summed E-state index contributed by atoms with van der Waals surface area (Å²) < 4.78 is 4.96. The van der Waals surface area contributed by atoms with Gasteiger partial charge in [-0.2, -0.15) is 30.3 Å². The second-order valence-electron chi connectivity index (χ2n) is 4.43. The molecule has 5 heteroatoms. The van der Waals surface area contributed by atoms with E-state index in [-0.39, 0.29) is 27.2 Å². The molecule has 1 fully saturated rings. The Bertz CT molecular complexity index is 438. The van der Waals surface area contributed by atoms with E-state index >= 15 is 0 Å². The Morgan fingerprint density at radius 1 is 1.53 bits per heavy atom. The van der Waals surface area contributed by atoms with Crippen molar-refractivity contribution in [2.75, 3.05) is 19.7 Å². The number of benzene rings is 1. The number of hydrogen-bond donors (Lipinski definition) is 0. The minimum absolute atomic E-state index is 0. The molecule has 0 aliphatic carbocycles. The molecule has 0 aromatic heterocycles. The van der Waals surface area contributed by atoms with Gasteiger partial charge in [0.1, 0.15) is 6.29 Å². The summed E-state index contributed by atoms with van der Waals surface area (Å²) in [5, 5.41) is 0. The third-order valence-electron chi connectivity index (χ3n) is 3.35. The van der Waals surface area contributed by atoms with Crippen molar-refractivity contribution in [3.8, 4) is 0 Å². The van der Waals surface area contributed by atoms with Crippen LogP contribution >= 0.6 is 0 Å². The molecule has 1 aliphatic heterocycles. The van der Waals surface area contributed by atoms with E-state index in [0.29, 0.717) is 26.1 Å². The molecule has 1 unspecified atom stereocenters. The number of aldehydes is 1. The smallest absolute Gasteiger partial charge is 0.409 e. The van der Waals surface area contributed by atoms with Crippen LogP contribution in [-0.4, -0.2) is 37.0 Å². The Morgan fingerprint density at radius 3 is 2.79 bits per heavy atom. The number of ether oxygens (including phenoxy) is 1. The van der Waals surface area contributed by atoms with E-state index in [1.807, 2.05) is 12.1 Å². The molecule has 0 bridgehead atoms. The minimum atomic E-state index is -0.595. The van der Waals surface area contributed by atoms with E-state index in [1.165, 1.54) is 0 Å². The first-order valence-corrected chi connectivity index (χ1v) is 6.06. The first kappa shape index (κ1) is 15.9. The topological polar surface area (TPSA) is 46.6 Å². The molecule has 0 N–H and O–H groups in total. The van der Waals surface area contributed by atoms with E-state index in [1.54, 1.807) is 24.0 Å². The van der Waals surface area contributed by atoms with Gasteiger partial charge in [-0.05, 0) is 13.3 Å². The third kappa shape index (κ3) is 3.24. The first-order chi connectivity index (χ1) is 8.72. The molecule has 1 aromatic rings. The van der Waals surface area contributed by atoms with Crippen molar-refractivity contribution >= 4 is 12.4 Å². The standard InChI is InChI=1S/C14H16NO3.W/c1-2-18-13(17)15-9-8-14(10-15,11-16)12-6-4-3-5-7-12;/h4-7,11H,2,8-10H2,1H3;/q-1;. The van der Waals surface area contributed by atoms with Crippen molar-refractivity contribution < 1.29 is 35.4 Å². The van der Waals surface area contributed by atoms with Crippen LogP contribution in [-0.2, 0) is 36.0 Å². The van der Waals surface area contributed by atoms with Crippen LogP contribution in [0.3, 0.4) is 0 Å². The Kier molecular flexibility index (Phi) is 5.74. The molecular formula is C14H16NO3W-. The first-order valence-electron chi connectivity index (χ1n) is 6.06. The van der Waals surface area contributed by atoms with Gasteiger partial charge in [0, 0.05) is 39.6 Å². The average molecular weight is 430 g/mol. The number of nitrogens with zero attached hydrogens (tertiary/aromatic N) is 1. The maximum Gasteiger partial charge on any atom is 0.409 e. The molecule has 102 valence electrons. The summed E-state index contributed by atoms with van der Waals surface area (Å²) in [4.78, 5) is 24.7. The van der Waals surface area contributed by atoms with Gasteiger partial charge in [-0.25, -0.2) is 4.79 Å². The van der Waals surface area contributed by atoms with Gasteiger partial charge in [0.2, 0.25) is 0 Å². The van der Waals surface area contributed by atoms with Crippen LogP contribution in [0.15, 0.2) is 24.3 Å². The average Bonchev–Trinajstić information content (AvgIpc) is 2.86. The normalized spacial score (nSPS) is 21.6. The number of amides is 1. The van der Waals surface area contributed by atoms with Crippen LogP contribution in [0.1, 0.15) is 18.9 Å². The molecule has 1 aliphatic rings. The molecule has 0 spiro atoms. The van der Waals surface area contributed by atoms with Gasteiger partial charge in [-0.1, -0.05) is 0 Å². The summed E-state index contributed by atoms with van der Waals surface area (Å²) in [6.07, 6.45) is 1.24. The van der Waals surface area contributed by atoms with Crippen LogP contribution in [0.5, 0.6) is 0 Å². The Hall–Kier alpha value is -1.15. The number of likely N-dealkylation sites (tertiary alicyclic amines) is 1. The van der Waals surface area contributed by atoms with Crippen LogP contribution in [0, 0.1) is 6.07 Å². The summed E-state index contributed by atoms with van der Waals surface area (Å²) in [7, 11) is 0. The van der Waals surface area contributed by atoms with Crippen molar-refractivity contribution in [1.82, 2.24) is 4.90 Å². The van der Waals surface area contributed by atoms with Crippen molar-refractivity contribution in [2.24, 2.45) is 0 Å². The van der Waals surface area contributed by atoms with Crippen molar-refractivity contribution in [2.45, 2.75) is 18.8 Å². The second-order valence-corrected chi connectivity index (χ2v) is 4.43. The number of carbonyl (C=O) groups excluding carboxylic acids is 2. The maximum atomic E-state index is 11.7. The van der Waals surface area contributed by atoms with E-state index in [2.05, 4.69) is 6.07 Å². The van der Waals surface area contributed by atoms with Gasteiger partial charge in [-0.15, -0.1) is 5.56 Å². The summed E-state index contributed by atoms with van der Waals surface area (Å²) >= 11 is 0. The molecule has 1 heterocycles. The van der Waals surface area contributed by atoms with Gasteiger partial charge >= 0.3 is 6.09 Å². The Labute approximate surface area is 127 Å². The fourth-order valence-corrected chi connectivity index (χ4v) is 2.32. The number of carbonyl (C=O) groups is 2. The van der Waals surface area contributed by atoms with Gasteiger partial charge in [0.15, 0.2) is 0 Å². The van der Waals surface area contributed by atoms with Crippen LogP contribution in [0.2, 0.25) is 0 Å². The molecule has 0 saturated carbocycles. The van der Waals surface area contributed by atoms with E-state index in [9.17, 15) is 9.59 Å². The molecule has 0 radical (unpaired) electrons. The molecule has 1 amide bonds. The summed E-state index contributed by atoms with van der Waals surface area (Å²) in [6.45, 7) is 3.06. The quantitative estimate of drug-likeness (QED) is 0.543. The minimum Gasteiger partial charge on any atom is -0.450 e. The fraction of sp³-hybridized carbons (Fsp3) is 0.429. The SMILES string of the molecule is CCOC(=O)N1CCC(C=O)(c2cc[c-]cc2)C1.[W].